The van der Waals surface area contributed by atoms with Crippen molar-refractivity contribution in [1.82, 2.24) is 10.3 Å². The van der Waals surface area contributed by atoms with E-state index in [2.05, 4.69) is 57.9 Å². The van der Waals surface area contributed by atoms with Crippen molar-refractivity contribution in [1.29, 1.82) is 0 Å². The lowest BCUT2D eigenvalue weighted by Crippen LogP contribution is -2.59. The number of fused-ring (bicyclic) bond motifs is 11. The Labute approximate surface area is 489 Å². The molecular formula is C65H83ClF6N2O9. The minimum Gasteiger partial charge on any atom is -0.451 e. The SMILES string of the molecule is CC(=O)O[C@]1(C(C)=O)CC[C@H]2[C@@H]3C=C(C)C4=CC(=O)CC[C@]4(C)[C@H]3CC[C@@]21C.CC(=O)O[C@]1(C(C)=O)CC[C@H]2[C@@H]3C[C@H](C)C4=CC(=O)CC[C@]4(C)[C@H]3CC[C@@]21C.Cl.O[C@@H](c1cc(C(F)(F)F)nc2c(C(F)(F)F)cccc12)[C@H]1CCCCN1. The van der Waals surface area contributed by atoms with Crippen LogP contribution < -0.4 is 5.32 Å². The molecule has 1 aromatic heterocycles. The highest BCUT2D eigenvalue weighted by Crippen LogP contribution is 2.70. The number of allylic oxidation sites excluding steroid dienone is 5. The maximum atomic E-state index is 13.2. The lowest BCUT2D eigenvalue weighted by atomic mass is 9.44. The standard InChI is InChI=1S/C24H34O4.C24H32O4.C17H16F6N2O.ClH/c2*1-14-12-18-19(22(4)9-6-17(27)13-21(14)22)7-10-23(5)20(18)8-11-24(23,15(2)25)28-16(3)26;18-16(19,20)11-5-3-4-9-10(15(26)12-6-1-2-7-24-12)8-13(17(21,22)23)25-14(9)11;/h13-14,18-20H,6-12H2,1-5H3;12-13,18-20H,6-11H2,1-5H3;3-5,8,12,15,24,26H,1-2,6-7H2;1H/t14-,18+,19-,20-,22+,23-,24-;18-,19+,20+,22-,23+,24+;12-,15+;/m011./s1. The number of benzene rings is 1. The van der Waals surface area contributed by atoms with Gasteiger partial charge in [0.25, 0.3) is 0 Å². The van der Waals surface area contributed by atoms with E-state index < -0.39 is 52.5 Å². The lowest BCUT2D eigenvalue weighted by Gasteiger charge is -2.60. The fourth-order valence-electron chi connectivity index (χ4n) is 18.8. The summed E-state index contributed by atoms with van der Waals surface area (Å²) in [4.78, 5) is 76.8. The molecule has 6 fully saturated rings. The van der Waals surface area contributed by atoms with Gasteiger partial charge in [-0.05, 0) is 198 Å². The molecule has 18 heteroatoms. The molecule has 1 aliphatic heterocycles. The third-order valence-corrected chi connectivity index (χ3v) is 22.6. The second-order valence-electron chi connectivity index (χ2n) is 26.8. The Morgan fingerprint density at radius 1 is 0.711 bits per heavy atom. The Balaban J connectivity index is 0.000000162. The summed E-state index contributed by atoms with van der Waals surface area (Å²) in [6.07, 6.45) is 8.40. The van der Waals surface area contributed by atoms with Crippen LogP contribution in [0.2, 0.25) is 0 Å². The molecule has 1 aromatic carbocycles. The van der Waals surface area contributed by atoms with Crippen LogP contribution in [0.5, 0.6) is 0 Å². The average molecular weight is 1190 g/mol. The number of rotatable bonds is 6. The van der Waals surface area contributed by atoms with Crippen molar-refractivity contribution >= 4 is 58.4 Å². The predicted octanol–water partition coefficient (Wildman–Crippen LogP) is 14.1. The van der Waals surface area contributed by atoms with E-state index in [9.17, 15) is 60.2 Å². The third kappa shape index (κ3) is 10.8. The van der Waals surface area contributed by atoms with Gasteiger partial charge >= 0.3 is 24.3 Å². The summed E-state index contributed by atoms with van der Waals surface area (Å²) in [6.45, 7) is 20.1. The van der Waals surface area contributed by atoms with Gasteiger partial charge in [0.15, 0.2) is 34.3 Å². The second kappa shape index (κ2) is 22.8. The topological polar surface area (TPSA) is 166 Å². The van der Waals surface area contributed by atoms with Crippen LogP contribution >= 0.6 is 12.4 Å². The highest BCUT2D eigenvalue weighted by molar-refractivity contribution is 5.93. The Morgan fingerprint density at radius 3 is 1.82 bits per heavy atom. The van der Waals surface area contributed by atoms with Crippen molar-refractivity contribution in [2.24, 2.45) is 63.1 Å². The maximum Gasteiger partial charge on any atom is 0.433 e. The number of Topliss-reactive ketones (excluding diaryl/α,β-unsaturated/α-hetero) is 2. The van der Waals surface area contributed by atoms with E-state index in [0.29, 0.717) is 92.2 Å². The number of esters is 2. The van der Waals surface area contributed by atoms with E-state index in [1.54, 1.807) is 13.8 Å². The second-order valence-corrected chi connectivity index (χ2v) is 26.8. The number of ether oxygens (including phenoxy) is 2. The van der Waals surface area contributed by atoms with Gasteiger partial charge in [0.2, 0.25) is 0 Å². The number of pyridine rings is 1. The molecule has 11 nitrogen and oxygen atoms in total. The largest absolute Gasteiger partial charge is 0.451 e. The first kappa shape index (κ1) is 64.3. The van der Waals surface area contributed by atoms with Gasteiger partial charge in [-0.2, -0.15) is 26.3 Å². The van der Waals surface area contributed by atoms with Gasteiger partial charge in [-0.3, -0.25) is 28.8 Å². The summed E-state index contributed by atoms with van der Waals surface area (Å²) < 4.78 is 90.9. The van der Waals surface area contributed by atoms with Gasteiger partial charge in [-0.15, -0.1) is 12.4 Å². The first-order valence-corrected chi connectivity index (χ1v) is 29.8. The molecule has 0 radical (unpaired) electrons. The first-order chi connectivity index (χ1) is 38.2. The molecule has 0 bridgehead atoms. The number of hydrogen-bond donors (Lipinski definition) is 2. The molecule has 15 atom stereocenters. The van der Waals surface area contributed by atoms with Crippen molar-refractivity contribution in [3.63, 3.8) is 0 Å². The number of carbonyl (C=O) groups excluding carboxylic acids is 6. The number of nitrogens with one attached hydrogen (secondary N) is 1. The fourth-order valence-corrected chi connectivity index (χ4v) is 18.8. The van der Waals surface area contributed by atoms with Crippen LogP contribution in [-0.2, 0) is 50.6 Å². The van der Waals surface area contributed by atoms with Crippen molar-refractivity contribution in [2.75, 3.05) is 6.54 Å². The molecule has 2 aromatic rings. The Hall–Kier alpha value is -4.74. The highest BCUT2D eigenvalue weighted by atomic mass is 35.5. The molecule has 5 saturated carbocycles. The summed E-state index contributed by atoms with van der Waals surface area (Å²) in [5.41, 5.74) is -2.35. The highest BCUT2D eigenvalue weighted by Gasteiger charge is 2.70. The van der Waals surface area contributed by atoms with E-state index in [4.69, 9.17) is 9.47 Å². The molecule has 1 saturated heterocycles. The van der Waals surface area contributed by atoms with Crippen molar-refractivity contribution in [3.8, 4) is 0 Å². The Kier molecular flexibility index (Phi) is 17.7. The molecule has 456 valence electrons. The monoisotopic (exact) mass is 1180 g/mol. The van der Waals surface area contributed by atoms with Gasteiger partial charge in [0.05, 0.1) is 17.2 Å². The van der Waals surface area contributed by atoms with Gasteiger partial charge in [0.1, 0.15) is 5.69 Å². The number of aliphatic hydroxyl groups is 1. The molecule has 8 aliphatic carbocycles. The number of halogens is 7. The molecular weight excluding hydrogens is 1100 g/mol. The van der Waals surface area contributed by atoms with E-state index in [-0.39, 0.29) is 80.1 Å². The molecule has 11 rings (SSSR count). The van der Waals surface area contributed by atoms with Crippen LogP contribution in [0.1, 0.15) is 195 Å². The molecule has 9 aliphatic rings. The molecule has 2 N–H and O–H groups in total. The maximum absolute atomic E-state index is 13.2. The van der Waals surface area contributed by atoms with Crippen LogP contribution in [0.25, 0.3) is 10.9 Å². The summed E-state index contributed by atoms with van der Waals surface area (Å²) in [5.74, 6) is 2.85. The number of para-hydroxylation sites is 1. The summed E-state index contributed by atoms with van der Waals surface area (Å²) in [5, 5.41) is 13.5. The normalized spacial score (nSPS) is 37.4. The van der Waals surface area contributed by atoms with Crippen LogP contribution in [0.15, 0.2) is 59.2 Å². The quantitative estimate of drug-likeness (QED) is 0.209. The van der Waals surface area contributed by atoms with Crippen LogP contribution in [0, 0.1) is 63.1 Å². The zero-order valence-corrected chi connectivity index (χ0v) is 50.4. The minimum absolute atomic E-state index is 0. The number of hydrogen-bond acceptors (Lipinski definition) is 11. The molecule has 0 spiro atoms. The van der Waals surface area contributed by atoms with E-state index in [1.165, 1.54) is 36.6 Å². The third-order valence-electron chi connectivity index (χ3n) is 22.6. The summed E-state index contributed by atoms with van der Waals surface area (Å²) in [7, 11) is 0. The van der Waals surface area contributed by atoms with Crippen LogP contribution in [0.3, 0.4) is 0 Å². The van der Waals surface area contributed by atoms with Gasteiger partial charge in [-0.25, -0.2) is 4.98 Å². The number of aliphatic hydroxyl groups excluding tert-OH is 1. The number of carbonyl (C=O) groups is 6. The van der Waals surface area contributed by atoms with E-state index >= 15 is 0 Å². The number of aromatic nitrogens is 1. The number of piperidine rings is 1. The molecule has 83 heavy (non-hydrogen) atoms. The van der Waals surface area contributed by atoms with Gasteiger partial charge < -0.3 is 19.9 Å². The summed E-state index contributed by atoms with van der Waals surface area (Å²) in [6, 6.07) is 3.16. The van der Waals surface area contributed by atoms with Crippen molar-refractivity contribution in [2.45, 2.75) is 208 Å². The van der Waals surface area contributed by atoms with E-state index in [0.717, 1.165) is 76.7 Å². The average Bonchev–Trinajstić information content (AvgIpc) is 2.15. The van der Waals surface area contributed by atoms with Gasteiger partial charge in [-0.1, -0.05) is 70.4 Å². The smallest absolute Gasteiger partial charge is 0.433 e. The van der Waals surface area contributed by atoms with Crippen LogP contribution in [-0.4, -0.2) is 69.0 Å². The molecule has 0 amide bonds. The van der Waals surface area contributed by atoms with Crippen LogP contribution in [0.4, 0.5) is 26.3 Å². The molecule has 0 unspecified atom stereocenters. The number of alkyl halides is 6. The van der Waals surface area contributed by atoms with E-state index in [1.807, 2.05) is 12.2 Å². The van der Waals surface area contributed by atoms with Gasteiger partial charge in [0, 0.05) is 48.9 Å². The Morgan fingerprint density at radius 2 is 1.27 bits per heavy atom. The first-order valence-electron chi connectivity index (χ1n) is 29.8. The summed E-state index contributed by atoms with van der Waals surface area (Å²) >= 11 is 0. The zero-order chi connectivity index (χ0) is 60.1. The lowest BCUT2D eigenvalue weighted by molar-refractivity contribution is -0.187. The fraction of sp³-hybridized carbons (Fsp3) is 0.677. The van der Waals surface area contributed by atoms with Crippen molar-refractivity contribution in [3.05, 3.63) is 76.0 Å². The minimum atomic E-state index is -4.93. The zero-order valence-electron chi connectivity index (χ0n) is 49.6. The van der Waals surface area contributed by atoms with Crippen molar-refractivity contribution < 1.29 is 69.7 Å². The predicted molar refractivity (Wildman–Crippen MR) is 302 cm³/mol. The number of ketones is 4. The molecule has 2 heterocycles. The number of nitrogens with zero attached hydrogens (tertiary/aromatic N) is 1. The Bertz CT molecular complexity index is 3040.